The van der Waals surface area contributed by atoms with Gasteiger partial charge in [0.25, 0.3) is 11.8 Å². The molecule has 12 nitrogen and oxygen atoms in total. The van der Waals surface area contributed by atoms with E-state index in [2.05, 4.69) is 54.3 Å². The van der Waals surface area contributed by atoms with Gasteiger partial charge in [0.2, 0.25) is 5.67 Å². The molecule has 14 heteroatoms. The van der Waals surface area contributed by atoms with Crippen LogP contribution >= 0.6 is 11.3 Å². The fourth-order valence-electron chi connectivity index (χ4n) is 7.26. The van der Waals surface area contributed by atoms with Crippen LogP contribution in [0, 0.1) is 5.41 Å². The zero-order valence-electron chi connectivity index (χ0n) is 30.2. The van der Waals surface area contributed by atoms with Gasteiger partial charge in [0.15, 0.2) is 0 Å². The van der Waals surface area contributed by atoms with Gasteiger partial charge in [0.1, 0.15) is 12.1 Å². The van der Waals surface area contributed by atoms with E-state index in [-0.39, 0.29) is 32.3 Å². The number of carbonyl (C=O) groups is 3. The number of nitrogens with zero attached hydrogens (tertiary/aromatic N) is 4. The summed E-state index contributed by atoms with van der Waals surface area (Å²) in [6.07, 6.45) is 3.18. The summed E-state index contributed by atoms with van der Waals surface area (Å²) in [6, 6.07) is 8.43. The molecule has 4 aromatic rings. The third-order valence-corrected chi connectivity index (χ3v) is 11.1. The molecule has 2 amide bonds. The van der Waals surface area contributed by atoms with Crippen molar-refractivity contribution in [3.05, 3.63) is 58.2 Å². The predicted octanol–water partition coefficient (Wildman–Crippen LogP) is 4.94. The van der Waals surface area contributed by atoms with Crippen LogP contribution in [0.1, 0.15) is 62.9 Å². The number of halogens is 1. The number of rotatable bonds is 6. The zero-order valence-corrected chi connectivity index (χ0v) is 31.0. The first-order valence-corrected chi connectivity index (χ1v) is 18.7. The van der Waals surface area contributed by atoms with Crippen LogP contribution in [0.15, 0.2) is 41.9 Å². The Balaban J connectivity index is 1.36. The van der Waals surface area contributed by atoms with Gasteiger partial charge in [-0.1, -0.05) is 19.9 Å². The number of benzene rings is 1. The van der Waals surface area contributed by atoms with Crippen molar-refractivity contribution in [3.63, 3.8) is 0 Å². The summed E-state index contributed by atoms with van der Waals surface area (Å²) in [5, 5.41) is 7.56. The van der Waals surface area contributed by atoms with Gasteiger partial charge < -0.3 is 24.1 Å². The number of aryl methyl sites for hydroxylation is 1. The second kappa shape index (κ2) is 14.3. The molecule has 3 aliphatic heterocycles. The van der Waals surface area contributed by atoms with Gasteiger partial charge in [-0.25, -0.2) is 14.8 Å². The summed E-state index contributed by atoms with van der Waals surface area (Å²) >= 11 is 1.37. The number of methoxy groups -OCH3 is 1. The molecular formula is C38H45FN6O6S. The zero-order chi connectivity index (χ0) is 36.8. The number of ether oxygens (including phenoxy) is 3. The molecule has 1 aromatic carbocycles. The monoisotopic (exact) mass is 732 g/mol. The molecule has 2 fully saturated rings. The van der Waals surface area contributed by atoms with E-state index in [0.717, 1.165) is 44.7 Å². The Bertz CT molecular complexity index is 2010. The van der Waals surface area contributed by atoms with Crippen LogP contribution in [0.4, 0.5) is 4.39 Å². The number of pyridine rings is 1. The number of carbonyl (C=O) groups excluding carboxylic acids is 3. The lowest BCUT2D eigenvalue weighted by molar-refractivity contribution is -0.169. The van der Waals surface area contributed by atoms with Crippen LogP contribution in [0.2, 0.25) is 0 Å². The van der Waals surface area contributed by atoms with E-state index >= 15 is 4.39 Å². The molecule has 3 aromatic heterocycles. The predicted molar refractivity (Wildman–Crippen MR) is 194 cm³/mol. The van der Waals surface area contributed by atoms with Crippen molar-refractivity contribution < 1.29 is 33.0 Å². The van der Waals surface area contributed by atoms with Crippen LogP contribution in [-0.2, 0) is 48.0 Å². The van der Waals surface area contributed by atoms with Crippen LogP contribution in [0.25, 0.3) is 33.4 Å². The lowest BCUT2D eigenvalue weighted by Gasteiger charge is -2.37. The van der Waals surface area contributed by atoms with E-state index in [1.807, 2.05) is 24.4 Å². The third kappa shape index (κ3) is 6.84. The van der Waals surface area contributed by atoms with E-state index in [4.69, 9.17) is 24.2 Å². The molecule has 0 unspecified atom stereocenters. The molecule has 6 heterocycles. The number of hydrogen-bond acceptors (Lipinski definition) is 10. The van der Waals surface area contributed by atoms with Crippen molar-refractivity contribution in [1.82, 2.24) is 30.3 Å². The maximum atomic E-state index is 15.1. The minimum absolute atomic E-state index is 0.0407. The molecule has 3 atom stereocenters. The summed E-state index contributed by atoms with van der Waals surface area (Å²) in [6.45, 7) is 8.69. The Kier molecular flexibility index (Phi) is 9.93. The Labute approximate surface area is 306 Å². The summed E-state index contributed by atoms with van der Waals surface area (Å²) < 4.78 is 34.1. The number of thiazole rings is 1. The summed E-state index contributed by atoms with van der Waals surface area (Å²) in [5.41, 5.74) is 6.97. The van der Waals surface area contributed by atoms with Gasteiger partial charge in [-0.05, 0) is 62.9 Å². The molecule has 3 aliphatic rings. The van der Waals surface area contributed by atoms with Gasteiger partial charge >= 0.3 is 5.97 Å². The topological polar surface area (TPSA) is 137 Å². The van der Waals surface area contributed by atoms with Crippen molar-refractivity contribution in [2.24, 2.45) is 5.41 Å². The molecule has 6 bridgehead atoms. The highest BCUT2D eigenvalue weighted by atomic mass is 32.1. The van der Waals surface area contributed by atoms with Gasteiger partial charge in [-0.3, -0.25) is 24.4 Å². The minimum Gasteiger partial charge on any atom is -0.464 e. The fourth-order valence-corrected chi connectivity index (χ4v) is 8.11. The van der Waals surface area contributed by atoms with Gasteiger partial charge in [0, 0.05) is 65.6 Å². The van der Waals surface area contributed by atoms with Crippen molar-refractivity contribution in [2.75, 3.05) is 33.5 Å². The normalized spacial score (nSPS) is 22.3. The summed E-state index contributed by atoms with van der Waals surface area (Å²) in [4.78, 5) is 50.2. The first-order chi connectivity index (χ1) is 24.9. The van der Waals surface area contributed by atoms with Crippen LogP contribution in [0.3, 0.4) is 0 Å². The number of fused-ring (bicyclic) bond motifs is 6. The maximum absolute atomic E-state index is 15.1. The van der Waals surface area contributed by atoms with E-state index in [0.29, 0.717) is 37.4 Å². The van der Waals surface area contributed by atoms with E-state index < -0.39 is 41.0 Å². The maximum Gasteiger partial charge on any atom is 0.324 e. The molecular weight excluding hydrogens is 688 g/mol. The van der Waals surface area contributed by atoms with E-state index in [1.54, 1.807) is 13.3 Å². The van der Waals surface area contributed by atoms with Gasteiger partial charge in [-0.15, -0.1) is 11.3 Å². The third-order valence-electron chi connectivity index (χ3n) is 10.2. The van der Waals surface area contributed by atoms with Crippen molar-refractivity contribution in [2.45, 2.75) is 83.8 Å². The second-order valence-electron chi connectivity index (χ2n) is 14.7. The number of hydrogen-bond donors (Lipinski definition) is 2. The highest BCUT2D eigenvalue weighted by Crippen LogP contribution is 2.42. The molecule has 7 rings (SSSR count). The van der Waals surface area contributed by atoms with Crippen LogP contribution in [-0.4, -0.2) is 88.6 Å². The van der Waals surface area contributed by atoms with Crippen molar-refractivity contribution in [3.8, 4) is 22.5 Å². The molecule has 276 valence electrons. The van der Waals surface area contributed by atoms with E-state index in [1.165, 1.54) is 16.3 Å². The minimum atomic E-state index is -2.20. The lowest BCUT2D eigenvalue weighted by atomic mass is 9.84. The Morgan fingerprint density at radius 2 is 2.04 bits per heavy atom. The molecule has 52 heavy (non-hydrogen) atoms. The number of cyclic esters (lactones) is 1. The average Bonchev–Trinajstić information content (AvgIpc) is 3.73. The van der Waals surface area contributed by atoms with Crippen molar-refractivity contribution in [1.29, 1.82) is 0 Å². The lowest BCUT2D eigenvalue weighted by Crippen LogP contribution is -2.64. The Morgan fingerprint density at radius 3 is 2.77 bits per heavy atom. The summed E-state index contributed by atoms with van der Waals surface area (Å²) in [5.74, 6) is -1.85. The SMILES string of the molecule is CCn1c(-c2cccnc2[C@H](C)OC)c2c3cc(ccc31)-c1csc(n1)C[C@H](NC(=O)C1(F)COC1)C(=O)N1CCC[C@H](N1)C(=O)OCC(C)(C)C2. The van der Waals surface area contributed by atoms with Crippen LogP contribution < -0.4 is 10.7 Å². The van der Waals surface area contributed by atoms with Crippen LogP contribution in [0.5, 0.6) is 0 Å². The first kappa shape index (κ1) is 36.1. The molecule has 0 spiro atoms. The molecule has 2 N–H and O–H groups in total. The highest BCUT2D eigenvalue weighted by Gasteiger charge is 2.48. The average molecular weight is 733 g/mol. The van der Waals surface area contributed by atoms with Gasteiger partial charge in [0.05, 0.1) is 48.0 Å². The van der Waals surface area contributed by atoms with Gasteiger partial charge in [-0.2, -0.15) is 0 Å². The second-order valence-corrected chi connectivity index (χ2v) is 15.6. The number of hydrazine groups is 1. The number of esters is 1. The number of nitrogens with one attached hydrogen (secondary N) is 2. The quantitative estimate of drug-likeness (QED) is 0.264. The smallest absolute Gasteiger partial charge is 0.324 e. The molecule has 0 radical (unpaired) electrons. The number of aromatic nitrogens is 3. The molecule has 2 saturated heterocycles. The Hall–Kier alpha value is -4.24. The standard InChI is InChI=1S/C38H45FN6O6S/c1-6-44-30-12-11-23-15-25(30)26(33(44)24-9-7-13-40-32(24)22(2)49-5)17-37(3,4)19-51-35(47)27-10-8-14-45(43-27)34(46)28(16-31-41-29(23)18-52-31)42-36(48)38(39)20-50-21-38/h7,9,11-13,15,18,22,27-28,43H,6,8,10,14,16-17,19-21H2,1-5H3,(H,42,48)/t22-,27-,28-/m0/s1. The first-order valence-electron chi connectivity index (χ1n) is 17.8. The number of amides is 2. The molecule has 0 saturated carbocycles. The summed E-state index contributed by atoms with van der Waals surface area (Å²) in [7, 11) is 1.68. The number of alkyl halides is 1. The highest BCUT2D eigenvalue weighted by molar-refractivity contribution is 7.10. The molecule has 0 aliphatic carbocycles. The fraction of sp³-hybridized carbons (Fsp3) is 0.500. The Morgan fingerprint density at radius 1 is 1.23 bits per heavy atom. The van der Waals surface area contributed by atoms with Crippen molar-refractivity contribution >= 4 is 40.0 Å². The largest absolute Gasteiger partial charge is 0.464 e. The van der Waals surface area contributed by atoms with E-state index in [9.17, 15) is 14.4 Å².